The van der Waals surface area contributed by atoms with Gasteiger partial charge in [0.25, 0.3) is 0 Å². The van der Waals surface area contributed by atoms with E-state index in [1.54, 1.807) is 23.5 Å². The summed E-state index contributed by atoms with van der Waals surface area (Å²) >= 11 is 5.09. The summed E-state index contributed by atoms with van der Waals surface area (Å²) < 4.78 is 1.06. The lowest BCUT2D eigenvalue weighted by molar-refractivity contribution is 0.0696. The minimum atomic E-state index is -0.921. The van der Waals surface area contributed by atoms with Crippen molar-refractivity contribution in [2.24, 2.45) is 0 Å². The van der Waals surface area contributed by atoms with E-state index in [-0.39, 0.29) is 5.56 Å². The first-order valence-corrected chi connectivity index (χ1v) is 7.85. The summed E-state index contributed by atoms with van der Waals surface area (Å²) in [6.45, 7) is 2.67. The summed E-state index contributed by atoms with van der Waals surface area (Å²) in [7, 11) is 1.92. The maximum atomic E-state index is 11.2. The summed E-state index contributed by atoms with van der Waals surface area (Å²) in [4.78, 5) is 18.8. The minimum Gasteiger partial charge on any atom is -0.478 e. The molecule has 0 aliphatic carbocycles. The van der Waals surface area contributed by atoms with Crippen molar-refractivity contribution in [1.29, 1.82) is 0 Å². The molecule has 20 heavy (non-hydrogen) atoms. The first-order valence-electron chi connectivity index (χ1n) is 6.18. The summed E-state index contributed by atoms with van der Waals surface area (Å²) in [5.74, 6) is -0.234. The Labute approximate surface area is 130 Å². The fraction of sp³-hybridized carbons (Fsp3) is 0.286. The Morgan fingerprint density at radius 2 is 2.20 bits per heavy atom. The SMILES string of the molecule is CCc1cc(C(=O)O)cc(N(C)Cc2cc(Br)cs2)n1. The topological polar surface area (TPSA) is 53.4 Å². The summed E-state index contributed by atoms with van der Waals surface area (Å²) in [5, 5.41) is 11.2. The molecule has 0 aliphatic rings. The number of hydrogen-bond donors (Lipinski definition) is 1. The van der Waals surface area contributed by atoms with Crippen LogP contribution in [0.1, 0.15) is 27.9 Å². The lowest BCUT2D eigenvalue weighted by Gasteiger charge is -2.18. The number of aryl methyl sites for hydroxylation is 1. The van der Waals surface area contributed by atoms with Crippen LogP contribution >= 0.6 is 27.3 Å². The Kier molecular flexibility index (Phi) is 4.77. The van der Waals surface area contributed by atoms with Crippen LogP contribution in [-0.2, 0) is 13.0 Å². The van der Waals surface area contributed by atoms with Crippen LogP contribution in [0.5, 0.6) is 0 Å². The number of rotatable bonds is 5. The standard InChI is InChI=1S/C14H15BrN2O2S/c1-3-11-4-9(14(18)19)5-13(16-11)17(2)7-12-6-10(15)8-20-12/h4-6,8H,3,7H2,1-2H3,(H,18,19). The van der Waals surface area contributed by atoms with Crippen LogP contribution in [0, 0.1) is 0 Å². The molecular formula is C14H15BrN2O2S. The van der Waals surface area contributed by atoms with E-state index in [1.165, 1.54) is 4.88 Å². The zero-order valence-electron chi connectivity index (χ0n) is 11.3. The number of pyridine rings is 1. The summed E-state index contributed by atoms with van der Waals surface area (Å²) in [5.41, 5.74) is 1.07. The van der Waals surface area contributed by atoms with Crippen LogP contribution in [0.25, 0.3) is 0 Å². The molecule has 106 valence electrons. The van der Waals surface area contributed by atoms with E-state index in [1.807, 2.05) is 24.3 Å². The number of carbonyl (C=O) groups is 1. The molecule has 2 rings (SSSR count). The lowest BCUT2D eigenvalue weighted by atomic mass is 10.2. The molecule has 2 aromatic rings. The number of anilines is 1. The number of hydrogen-bond acceptors (Lipinski definition) is 4. The molecular weight excluding hydrogens is 340 g/mol. The van der Waals surface area contributed by atoms with E-state index >= 15 is 0 Å². The van der Waals surface area contributed by atoms with Crippen molar-refractivity contribution in [3.8, 4) is 0 Å². The fourth-order valence-electron chi connectivity index (χ4n) is 1.82. The molecule has 0 spiro atoms. The Bertz CT molecular complexity index is 627. The Morgan fingerprint density at radius 1 is 1.45 bits per heavy atom. The highest BCUT2D eigenvalue weighted by Gasteiger charge is 2.11. The third kappa shape index (κ3) is 3.58. The van der Waals surface area contributed by atoms with Gasteiger partial charge in [-0.1, -0.05) is 6.92 Å². The van der Waals surface area contributed by atoms with Gasteiger partial charge in [-0.3, -0.25) is 0 Å². The molecule has 0 radical (unpaired) electrons. The van der Waals surface area contributed by atoms with Crippen molar-refractivity contribution in [3.05, 3.63) is 44.2 Å². The monoisotopic (exact) mass is 354 g/mol. The van der Waals surface area contributed by atoms with Gasteiger partial charge >= 0.3 is 5.97 Å². The fourth-order valence-corrected chi connectivity index (χ4v) is 3.33. The van der Waals surface area contributed by atoms with Crippen molar-refractivity contribution in [3.63, 3.8) is 0 Å². The van der Waals surface area contributed by atoms with Gasteiger partial charge in [0.15, 0.2) is 0 Å². The van der Waals surface area contributed by atoms with Crippen LogP contribution in [0.3, 0.4) is 0 Å². The van der Waals surface area contributed by atoms with Crippen molar-refractivity contribution >= 4 is 39.1 Å². The number of aromatic nitrogens is 1. The van der Waals surface area contributed by atoms with Gasteiger partial charge in [-0.15, -0.1) is 11.3 Å². The highest BCUT2D eigenvalue weighted by molar-refractivity contribution is 9.10. The Hall–Kier alpha value is -1.40. The highest BCUT2D eigenvalue weighted by Crippen LogP contribution is 2.23. The molecule has 1 N–H and O–H groups in total. The quantitative estimate of drug-likeness (QED) is 0.886. The van der Waals surface area contributed by atoms with E-state index < -0.39 is 5.97 Å². The first-order chi connectivity index (χ1) is 9.49. The van der Waals surface area contributed by atoms with E-state index in [0.717, 1.165) is 10.2 Å². The van der Waals surface area contributed by atoms with Gasteiger partial charge in [-0.2, -0.15) is 0 Å². The van der Waals surface area contributed by atoms with Crippen LogP contribution in [0.15, 0.2) is 28.1 Å². The number of thiophene rings is 1. The smallest absolute Gasteiger partial charge is 0.335 e. The molecule has 0 fully saturated rings. The van der Waals surface area contributed by atoms with E-state index in [2.05, 4.69) is 27.0 Å². The van der Waals surface area contributed by atoms with Crippen molar-refractivity contribution < 1.29 is 9.90 Å². The lowest BCUT2D eigenvalue weighted by Crippen LogP contribution is -2.18. The third-order valence-corrected chi connectivity index (χ3v) is 4.56. The Morgan fingerprint density at radius 3 is 2.75 bits per heavy atom. The molecule has 2 heterocycles. The van der Waals surface area contributed by atoms with E-state index in [4.69, 9.17) is 5.11 Å². The average molecular weight is 355 g/mol. The van der Waals surface area contributed by atoms with Gasteiger partial charge < -0.3 is 10.0 Å². The second kappa shape index (κ2) is 6.37. The van der Waals surface area contributed by atoms with Gasteiger partial charge in [0, 0.05) is 27.5 Å². The van der Waals surface area contributed by atoms with Gasteiger partial charge in [-0.25, -0.2) is 9.78 Å². The number of halogens is 1. The zero-order valence-corrected chi connectivity index (χ0v) is 13.7. The van der Waals surface area contributed by atoms with Crippen molar-refractivity contribution in [2.75, 3.05) is 11.9 Å². The molecule has 4 nitrogen and oxygen atoms in total. The van der Waals surface area contributed by atoms with Gasteiger partial charge in [0.2, 0.25) is 0 Å². The van der Waals surface area contributed by atoms with Crippen LogP contribution < -0.4 is 4.90 Å². The van der Waals surface area contributed by atoms with Gasteiger partial charge in [0.1, 0.15) is 5.82 Å². The van der Waals surface area contributed by atoms with E-state index in [0.29, 0.717) is 18.8 Å². The van der Waals surface area contributed by atoms with Crippen LogP contribution in [0.2, 0.25) is 0 Å². The molecule has 2 aromatic heterocycles. The maximum absolute atomic E-state index is 11.2. The second-order valence-corrected chi connectivity index (χ2v) is 6.36. The van der Waals surface area contributed by atoms with Crippen LogP contribution in [-0.4, -0.2) is 23.1 Å². The maximum Gasteiger partial charge on any atom is 0.335 e. The molecule has 0 atom stereocenters. The predicted octanol–water partition coefficient (Wildman–Crippen LogP) is 3.80. The van der Waals surface area contributed by atoms with Crippen molar-refractivity contribution in [1.82, 2.24) is 4.98 Å². The van der Waals surface area contributed by atoms with Gasteiger partial charge in [0.05, 0.1) is 12.1 Å². The normalized spacial score (nSPS) is 10.6. The zero-order chi connectivity index (χ0) is 14.7. The predicted molar refractivity (Wildman–Crippen MR) is 84.7 cm³/mol. The first kappa shape index (κ1) is 15.0. The minimum absolute atomic E-state index is 0.283. The summed E-state index contributed by atoms with van der Waals surface area (Å²) in [6, 6.07) is 5.30. The molecule has 0 aromatic carbocycles. The van der Waals surface area contributed by atoms with Gasteiger partial charge in [-0.05, 0) is 40.5 Å². The number of carboxylic acids is 1. The average Bonchev–Trinajstić information content (AvgIpc) is 2.83. The second-order valence-electron chi connectivity index (χ2n) is 4.45. The molecule has 0 saturated carbocycles. The third-order valence-electron chi connectivity index (χ3n) is 2.88. The summed E-state index contributed by atoms with van der Waals surface area (Å²) in [6.07, 6.45) is 0.715. The molecule has 0 saturated heterocycles. The highest BCUT2D eigenvalue weighted by atomic mass is 79.9. The Balaban J connectivity index is 2.26. The number of aromatic carboxylic acids is 1. The molecule has 6 heteroatoms. The van der Waals surface area contributed by atoms with Crippen molar-refractivity contribution in [2.45, 2.75) is 19.9 Å². The molecule has 0 unspecified atom stereocenters. The number of nitrogens with zero attached hydrogens (tertiary/aromatic N) is 2. The molecule has 0 amide bonds. The number of carboxylic acid groups (broad SMARTS) is 1. The largest absolute Gasteiger partial charge is 0.478 e. The van der Waals surface area contributed by atoms with Crippen LogP contribution in [0.4, 0.5) is 5.82 Å². The molecule has 0 aliphatic heterocycles. The van der Waals surface area contributed by atoms with E-state index in [9.17, 15) is 4.79 Å². The molecule has 0 bridgehead atoms.